The zero-order chi connectivity index (χ0) is 17.7. The van der Waals surface area contributed by atoms with Gasteiger partial charge in [0.05, 0.1) is 11.6 Å². The van der Waals surface area contributed by atoms with E-state index in [1.165, 1.54) is 0 Å². The maximum absolute atomic E-state index is 11.9. The molecule has 0 heterocycles. The molecule has 8 heteroatoms. The molecule has 0 unspecified atom stereocenters. The summed E-state index contributed by atoms with van der Waals surface area (Å²) in [6, 6.07) is 5.04. The molecule has 24 heavy (non-hydrogen) atoms. The number of carbonyl (C=O) groups excluding carboxylic acids is 1. The number of carboxylic acids is 1. The third-order valence-electron chi connectivity index (χ3n) is 3.99. The normalized spacial score (nSPS) is 19.7. The summed E-state index contributed by atoms with van der Waals surface area (Å²) in [5.41, 5.74) is 0. The molecule has 2 rings (SSSR count). The van der Waals surface area contributed by atoms with Crippen molar-refractivity contribution in [2.24, 2.45) is 0 Å². The third kappa shape index (κ3) is 5.26. The summed E-state index contributed by atoms with van der Waals surface area (Å²) in [5.74, 6) is -0.712. The zero-order valence-corrected chi connectivity index (χ0v) is 14.8. The van der Waals surface area contributed by atoms with Crippen LogP contribution in [-0.2, 0) is 9.59 Å². The summed E-state index contributed by atoms with van der Waals surface area (Å²) < 4.78 is 5.38. The van der Waals surface area contributed by atoms with Crippen LogP contribution in [0.1, 0.15) is 19.8 Å². The molecule has 1 aromatic rings. The van der Waals surface area contributed by atoms with Gasteiger partial charge in [0.25, 0.3) is 5.91 Å². The fraction of sp³-hybridized carbons (Fsp3) is 0.500. The van der Waals surface area contributed by atoms with E-state index in [-0.39, 0.29) is 31.1 Å². The fourth-order valence-electron chi connectivity index (χ4n) is 2.68. The van der Waals surface area contributed by atoms with E-state index in [0.29, 0.717) is 22.3 Å². The Labute approximate surface area is 150 Å². The van der Waals surface area contributed by atoms with Crippen LogP contribution in [0.2, 0.25) is 10.0 Å². The summed E-state index contributed by atoms with van der Waals surface area (Å²) in [4.78, 5) is 24.6. The molecule has 0 bridgehead atoms. The van der Waals surface area contributed by atoms with E-state index in [0.717, 1.165) is 12.8 Å². The van der Waals surface area contributed by atoms with Crippen molar-refractivity contribution in [1.82, 2.24) is 10.2 Å². The Morgan fingerprint density at radius 1 is 1.38 bits per heavy atom. The number of halogens is 2. The topological polar surface area (TPSA) is 78.9 Å². The van der Waals surface area contributed by atoms with Gasteiger partial charge in [0.15, 0.2) is 6.61 Å². The summed E-state index contributed by atoms with van der Waals surface area (Å²) >= 11 is 11.8. The van der Waals surface area contributed by atoms with Crippen LogP contribution in [0.25, 0.3) is 0 Å². The molecule has 1 amide bonds. The van der Waals surface area contributed by atoms with Crippen molar-refractivity contribution in [2.75, 3.05) is 19.7 Å². The maximum Gasteiger partial charge on any atom is 0.317 e. The number of rotatable bonds is 8. The molecule has 0 saturated heterocycles. The second-order valence-corrected chi connectivity index (χ2v) is 6.55. The van der Waals surface area contributed by atoms with E-state index >= 15 is 0 Å². The fourth-order valence-corrected chi connectivity index (χ4v) is 3.01. The molecule has 0 aliphatic heterocycles. The second kappa shape index (κ2) is 8.55. The molecule has 1 fully saturated rings. The van der Waals surface area contributed by atoms with Crippen LogP contribution in [0, 0.1) is 0 Å². The number of aliphatic carboxylic acids is 1. The Morgan fingerprint density at radius 2 is 2.08 bits per heavy atom. The predicted molar refractivity (Wildman–Crippen MR) is 91.8 cm³/mol. The van der Waals surface area contributed by atoms with Crippen LogP contribution in [0.5, 0.6) is 5.75 Å². The number of likely N-dealkylation sites (N-methyl/N-ethyl adjacent to an activating group) is 1. The van der Waals surface area contributed by atoms with Crippen molar-refractivity contribution in [3.63, 3.8) is 0 Å². The minimum absolute atomic E-state index is 0.0260. The van der Waals surface area contributed by atoms with Crippen LogP contribution in [0.15, 0.2) is 18.2 Å². The van der Waals surface area contributed by atoms with Crippen LogP contribution in [0.3, 0.4) is 0 Å². The predicted octanol–water partition coefficient (Wildman–Crippen LogP) is 2.43. The summed E-state index contributed by atoms with van der Waals surface area (Å²) in [5, 5.41) is 12.6. The Kier molecular flexibility index (Phi) is 6.71. The molecular weight excluding hydrogens is 355 g/mol. The highest BCUT2D eigenvalue weighted by Gasteiger charge is 2.34. The molecule has 1 saturated carbocycles. The zero-order valence-electron chi connectivity index (χ0n) is 13.3. The minimum Gasteiger partial charge on any atom is -0.482 e. The molecular formula is C16H20Cl2N2O4. The van der Waals surface area contributed by atoms with Gasteiger partial charge in [-0.1, -0.05) is 30.1 Å². The van der Waals surface area contributed by atoms with Gasteiger partial charge < -0.3 is 15.2 Å². The molecule has 0 aromatic heterocycles. The number of nitrogens with one attached hydrogen (secondary N) is 1. The van der Waals surface area contributed by atoms with Crippen LogP contribution < -0.4 is 10.1 Å². The van der Waals surface area contributed by atoms with Crippen molar-refractivity contribution in [3.05, 3.63) is 28.2 Å². The van der Waals surface area contributed by atoms with E-state index in [9.17, 15) is 9.59 Å². The minimum atomic E-state index is -0.837. The van der Waals surface area contributed by atoms with Gasteiger partial charge in [0.2, 0.25) is 0 Å². The molecule has 1 aromatic carbocycles. The largest absolute Gasteiger partial charge is 0.482 e. The molecule has 2 N–H and O–H groups in total. The van der Waals surface area contributed by atoms with Gasteiger partial charge in [0.1, 0.15) is 5.75 Å². The average Bonchev–Trinajstić information content (AvgIpc) is 2.49. The lowest BCUT2D eigenvalue weighted by molar-refractivity contribution is -0.139. The van der Waals surface area contributed by atoms with Crippen LogP contribution in [0.4, 0.5) is 0 Å². The van der Waals surface area contributed by atoms with Crippen LogP contribution >= 0.6 is 23.2 Å². The first-order chi connectivity index (χ1) is 11.4. The third-order valence-corrected chi connectivity index (χ3v) is 4.54. The molecule has 132 valence electrons. The maximum atomic E-state index is 11.9. The number of carbonyl (C=O) groups is 2. The molecule has 0 atom stereocenters. The van der Waals surface area contributed by atoms with Gasteiger partial charge in [-0.3, -0.25) is 14.5 Å². The summed E-state index contributed by atoms with van der Waals surface area (Å²) in [6.45, 7) is 2.48. The molecule has 1 aliphatic carbocycles. The highest BCUT2D eigenvalue weighted by atomic mass is 35.5. The van der Waals surface area contributed by atoms with E-state index in [1.807, 2.05) is 11.8 Å². The van der Waals surface area contributed by atoms with Gasteiger partial charge >= 0.3 is 5.97 Å². The summed E-state index contributed by atoms with van der Waals surface area (Å²) in [7, 11) is 0. The Balaban J connectivity index is 1.73. The van der Waals surface area contributed by atoms with Gasteiger partial charge in [-0.15, -0.1) is 0 Å². The highest BCUT2D eigenvalue weighted by molar-refractivity contribution is 6.34. The van der Waals surface area contributed by atoms with Gasteiger partial charge in [-0.25, -0.2) is 0 Å². The number of nitrogens with zero attached hydrogens (tertiary/aromatic N) is 1. The Morgan fingerprint density at radius 3 is 2.71 bits per heavy atom. The lowest BCUT2D eigenvalue weighted by Gasteiger charge is -2.42. The van der Waals surface area contributed by atoms with Crippen molar-refractivity contribution in [3.8, 4) is 5.75 Å². The summed E-state index contributed by atoms with van der Waals surface area (Å²) in [6.07, 6.45) is 1.48. The monoisotopic (exact) mass is 374 g/mol. The second-order valence-electron chi connectivity index (χ2n) is 5.71. The number of benzene rings is 1. The van der Waals surface area contributed by atoms with Crippen molar-refractivity contribution in [1.29, 1.82) is 0 Å². The van der Waals surface area contributed by atoms with Crippen LogP contribution in [-0.4, -0.2) is 53.7 Å². The van der Waals surface area contributed by atoms with E-state index < -0.39 is 5.97 Å². The van der Waals surface area contributed by atoms with Crippen molar-refractivity contribution < 1.29 is 19.4 Å². The Hall–Kier alpha value is -1.50. The average molecular weight is 375 g/mol. The first kappa shape index (κ1) is 18.8. The molecule has 1 aliphatic rings. The lowest BCUT2D eigenvalue weighted by atomic mass is 9.85. The lowest BCUT2D eigenvalue weighted by Crippen LogP contribution is -2.55. The van der Waals surface area contributed by atoms with Gasteiger partial charge in [-0.05, 0) is 31.5 Å². The standard InChI is InChI=1S/C16H20Cl2N2O4/c1-2-20(8-16(22)23)12-6-11(7-12)19-15(21)9-24-14-5-10(17)3-4-13(14)18/h3-5,11-12H,2,6-9H2,1H3,(H,19,21)(H,22,23). The number of amides is 1. The van der Waals surface area contributed by atoms with Crippen molar-refractivity contribution >= 4 is 35.1 Å². The SMILES string of the molecule is CCN(CC(=O)O)C1CC(NC(=O)COc2cc(Cl)ccc2Cl)C1. The van der Waals surface area contributed by atoms with Crippen molar-refractivity contribution in [2.45, 2.75) is 31.8 Å². The van der Waals surface area contributed by atoms with Gasteiger partial charge in [0, 0.05) is 23.2 Å². The molecule has 0 radical (unpaired) electrons. The number of hydrogen-bond acceptors (Lipinski definition) is 4. The highest BCUT2D eigenvalue weighted by Crippen LogP contribution is 2.28. The van der Waals surface area contributed by atoms with E-state index in [1.54, 1.807) is 18.2 Å². The number of ether oxygens (including phenoxy) is 1. The smallest absolute Gasteiger partial charge is 0.317 e. The van der Waals surface area contributed by atoms with E-state index in [4.69, 9.17) is 33.0 Å². The molecule has 0 spiro atoms. The van der Waals surface area contributed by atoms with E-state index in [2.05, 4.69) is 5.32 Å². The van der Waals surface area contributed by atoms with Gasteiger partial charge in [-0.2, -0.15) is 0 Å². The number of carboxylic acid groups (broad SMARTS) is 1. The first-order valence-corrected chi connectivity index (χ1v) is 8.47. The Bertz CT molecular complexity index is 606. The molecule has 6 nitrogen and oxygen atoms in total. The first-order valence-electron chi connectivity index (χ1n) is 7.72. The quantitative estimate of drug-likeness (QED) is 0.730. The number of hydrogen-bond donors (Lipinski definition) is 2.